The van der Waals surface area contributed by atoms with Crippen molar-refractivity contribution in [3.63, 3.8) is 0 Å². The van der Waals surface area contributed by atoms with Gasteiger partial charge in [0.25, 0.3) is 5.91 Å². The number of nitrogens with zero attached hydrogens (tertiary/aromatic N) is 2. The van der Waals surface area contributed by atoms with E-state index in [2.05, 4.69) is 31.2 Å². The van der Waals surface area contributed by atoms with Crippen molar-refractivity contribution < 1.29 is 9.53 Å². The Morgan fingerprint density at radius 3 is 2.94 bits per heavy atom. The molecule has 0 radical (unpaired) electrons. The Morgan fingerprint density at radius 2 is 2.22 bits per heavy atom. The minimum atomic E-state index is -0.292. The van der Waals surface area contributed by atoms with Gasteiger partial charge in [0.05, 0.1) is 18.9 Å². The van der Waals surface area contributed by atoms with Crippen molar-refractivity contribution in [2.45, 2.75) is 0 Å². The van der Waals surface area contributed by atoms with Gasteiger partial charge in [-0.15, -0.1) is 0 Å². The summed E-state index contributed by atoms with van der Waals surface area (Å²) in [5.41, 5.74) is 0.411. The van der Waals surface area contributed by atoms with Crippen LogP contribution in [0.15, 0.2) is 41.3 Å². The van der Waals surface area contributed by atoms with Crippen molar-refractivity contribution in [1.29, 1.82) is 0 Å². The molecule has 2 aromatic heterocycles. The number of anilines is 1. The number of hydrogen-bond acceptors (Lipinski definition) is 4. The van der Waals surface area contributed by atoms with Crippen molar-refractivity contribution in [2.75, 3.05) is 12.4 Å². The average Bonchev–Trinajstić information content (AvgIpc) is 2.38. The highest BCUT2D eigenvalue weighted by Crippen LogP contribution is 2.17. The first-order valence-corrected chi connectivity index (χ1v) is 5.92. The largest absolute Gasteiger partial charge is 0.494 e. The fraction of sp³-hybridized carbons (Fsp3) is 0.0833. The molecule has 0 aliphatic heterocycles. The maximum absolute atomic E-state index is 12.0. The third kappa shape index (κ3) is 2.84. The molecule has 92 valence electrons. The highest BCUT2D eigenvalue weighted by Gasteiger charge is 2.12. The van der Waals surface area contributed by atoms with Crippen LogP contribution in [0.3, 0.4) is 0 Å². The molecular formula is C12H10BrN3O2. The van der Waals surface area contributed by atoms with E-state index in [9.17, 15) is 4.79 Å². The van der Waals surface area contributed by atoms with Crippen LogP contribution in [-0.4, -0.2) is 23.0 Å². The quantitative estimate of drug-likeness (QED) is 0.885. The number of aromatic nitrogens is 2. The third-order valence-corrected chi connectivity index (χ3v) is 2.65. The van der Waals surface area contributed by atoms with Crippen LogP contribution in [0.1, 0.15) is 10.4 Å². The van der Waals surface area contributed by atoms with Gasteiger partial charge in [0.15, 0.2) is 0 Å². The Labute approximate surface area is 112 Å². The molecule has 1 N–H and O–H groups in total. The van der Waals surface area contributed by atoms with Crippen molar-refractivity contribution in [3.8, 4) is 5.75 Å². The van der Waals surface area contributed by atoms with E-state index >= 15 is 0 Å². The number of methoxy groups -OCH3 is 1. The van der Waals surface area contributed by atoms with Gasteiger partial charge in [0.1, 0.15) is 16.2 Å². The van der Waals surface area contributed by atoms with E-state index < -0.39 is 0 Å². The van der Waals surface area contributed by atoms with Crippen molar-refractivity contribution in [1.82, 2.24) is 9.97 Å². The van der Waals surface area contributed by atoms with E-state index in [1.165, 1.54) is 19.5 Å². The normalized spacial score (nSPS) is 9.89. The Morgan fingerprint density at radius 1 is 1.39 bits per heavy atom. The molecule has 0 aliphatic carbocycles. The summed E-state index contributed by atoms with van der Waals surface area (Å²) in [6.45, 7) is 0. The van der Waals surface area contributed by atoms with Crippen molar-refractivity contribution >= 4 is 27.7 Å². The van der Waals surface area contributed by atoms with Crippen molar-refractivity contribution in [3.05, 3.63) is 46.8 Å². The standard InChI is InChI=1S/C12H10BrN3O2/c1-18-9-7-14-6-5-8(9)12(17)16-11-4-2-3-10(13)15-11/h2-7H,1H3,(H,15,16,17). The first-order valence-electron chi connectivity index (χ1n) is 5.12. The van der Waals surface area contributed by atoms with E-state index in [0.29, 0.717) is 21.7 Å². The zero-order valence-electron chi connectivity index (χ0n) is 9.55. The van der Waals surface area contributed by atoms with Gasteiger partial charge in [-0.25, -0.2) is 4.98 Å². The number of halogens is 1. The summed E-state index contributed by atoms with van der Waals surface area (Å²) in [5, 5.41) is 2.69. The predicted octanol–water partition coefficient (Wildman–Crippen LogP) is 2.50. The molecule has 0 spiro atoms. The van der Waals surface area contributed by atoms with E-state index in [1.807, 2.05) is 0 Å². The summed E-state index contributed by atoms with van der Waals surface area (Å²) in [5.74, 6) is 0.595. The van der Waals surface area contributed by atoms with Gasteiger partial charge in [-0.1, -0.05) is 6.07 Å². The molecule has 5 nitrogen and oxygen atoms in total. The average molecular weight is 308 g/mol. The van der Waals surface area contributed by atoms with Gasteiger partial charge in [0.2, 0.25) is 0 Å². The summed E-state index contributed by atoms with van der Waals surface area (Å²) in [6.07, 6.45) is 3.02. The second-order valence-electron chi connectivity index (χ2n) is 3.38. The number of carbonyl (C=O) groups is 1. The van der Waals surface area contributed by atoms with Crippen LogP contribution in [0.25, 0.3) is 0 Å². The summed E-state index contributed by atoms with van der Waals surface area (Å²) in [6, 6.07) is 6.86. The Bertz CT molecular complexity index is 575. The SMILES string of the molecule is COc1cnccc1C(=O)Nc1cccc(Br)n1. The summed E-state index contributed by atoms with van der Waals surface area (Å²) < 4.78 is 5.73. The molecular weight excluding hydrogens is 298 g/mol. The maximum Gasteiger partial charge on any atom is 0.260 e. The maximum atomic E-state index is 12.0. The van der Waals surface area contributed by atoms with Crippen LogP contribution in [-0.2, 0) is 0 Å². The molecule has 0 fully saturated rings. The van der Waals surface area contributed by atoms with Crippen LogP contribution in [0.2, 0.25) is 0 Å². The van der Waals surface area contributed by atoms with Crippen LogP contribution < -0.4 is 10.1 Å². The first-order chi connectivity index (χ1) is 8.70. The van der Waals surface area contributed by atoms with Crippen LogP contribution in [0, 0.1) is 0 Å². The molecule has 0 aromatic carbocycles. The van der Waals surface area contributed by atoms with E-state index in [-0.39, 0.29) is 5.91 Å². The van der Waals surface area contributed by atoms with E-state index in [0.717, 1.165) is 0 Å². The summed E-state index contributed by atoms with van der Waals surface area (Å²) >= 11 is 3.24. The second-order valence-corrected chi connectivity index (χ2v) is 4.19. The van der Waals surface area contributed by atoms with Gasteiger partial charge in [-0.05, 0) is 34.1 Å². The molecule has 2 rings (SSSR count). The number of amides is 1. The fourth-order valence-corrected chi connectivity index (χ4v) is 1.74. The third-order valence-electron chi connectivity index (χ3n) is 2.21. The Balaban J connectivity index is 2.22. The second kappa shape index (κ2) is 5.59. The van der Waals surface area contributed by atoms with E-state index in [1.54, 1.807) is 24.3 Å². The minimum Gasteiger partial charge on any atom is -0.494 e. The van der Waals surface area contributed by atoms with Gasteiger partial charge in [-0.3, -0.25) is 9.78 Å². The van der Waals surface area contributed by atoms with Gasteiger partial charge >= 0.3 is 0 Å². The first kappa shape index (κ1) is 12.5. The van der Waals surface area contributed by atoms with Gasteiger partial charge < -0.3 is 10.1 Å². The minimum absolute atomic E-state index is 0.292. The zero-order valence-corrected chi connectivity index (χ0v) is 11.1. The van der Waals surface area contributed by atoms with Gasteiger partial charge in [0, 0.05) is 6.20 Å². The van der Waals surface area contributed by atoms with E-state index in [4.69, 9.17) is 4.74 Å². The number of nitrogens with one attached hydrogen (secondary N) is 1. The lowest BCUT2D eigenvalue weighted by molar-refractivity contribution is 0.102. The molecule has 0 saturated heterocycles. The summed E-state index contributed by atoms with van der Waals surface area (Å²) in [7, 11) is 1.49. The molecule has 2 aromatic rings. The Hall–Kier alpha value is -1.95. The Kier molecular flexibility index (Phi) is 3.88. The number of pyridine rings is 2. The topological polar surface area (TPSA) is 64.1 Å². The molecule has 6 heteroatoms. The number of rotatable bonds is 3. The lowest BCUT2D eigenvalue weighted by Gasteiger charge is -2.08. The highest BCUT2D eigenvalue weighted by atomic mass is 79.9. The number of hydrogen-bond donors (Lipinski definition) is 1. The molecule has 0 aliphatic rings. The highest BCUT2D eigenvalue weighted by molar-refractivity contribution is 9.10. The lowest BCUT2D eigenvalue weighted by atomic mass is 10.2. The van der Waals surface area contributed by atoms with Gasteiger partial charge in [-0.2, -0.15) is 0 Å². The molecule has 0 atom stereocenters. The molecule has 18 heavy (non-hydrogen) atoms. The molecule has 0 bridgehead atoms. The van der Waals surface area contributed by atoms with Crippen molar-refractivity contribution in [2.24, 2.45) is 0 Å². The molecule has 0 unspecified atom stereocenters. The molecule has 1 amide bonds. The number of carbonyl (C=O) groups excluding carboxylic acids is 1. The number of ether oxygens (including phenoxy) is 1. The monoisotopic (exact) mass is 307 g/mol. The fourth-order valence-electron chi connectivity index (χ4n) is 1.39. The van der Waals surface area contributed by atoms with Crippen LogP contribution in [0.5, 0.6) is 5.75 Å². The zero-order chi connectivity index (χ0) is 13.0. The van der Waals surface area contributed by atoms with Crippen LogP contribution in [0.4, 0.5) is 5.82 Å². The smallest absolute Gasteiger partial charge is 0.260 e. The lowest BCUT2D eigenvalue weighted by Crippen LogP contribution is -2.14. The molecule has 2 heterocycles. The molecule has 0 saturated carbocycles. The van der Waals surface area contributed by atoms with Crippen LogP contribution >= 0.6 is 15.9 Å². The summed E-state index contributed by atoms with van der Waals surface area (Å²) in [4.78, 5) is 20.0. The predicted molar refractivity (Wildman–Crippen MR) is 70.7 cm³/mol.